The molecule has 0 bridgehead atoms. The molecule has 1 heterocycles. The molecule has 1 aliphatic rings. The molecule has 0 unspecified atom stereocenters. The van der Waals surface area contributed by atoms with Crippen molar-refractivity contribution in [3.63, 3.8) is 0 Å². The number of nitrogens with zero attached hydrogens (tertiary/aromatic N) is 2. The second-order valence-corrected chi connectivity index (χ2v) is 10.1. The summed E-state index contributed by atoms with van der Waals surface area (Å²) in [5, 5.41) is 4.33. The van der Waals surface area contributed by atoms with Crippen molar-refractivity contribution in [2.24, 2.45) is 17.0 Å². The second-order valence-electron chi connectivity index (χ2n) is 10.1. The molecule has 0 saturated heterocycles. The summed E-state index contributed by atoms with van der Waals surface area (Å²) < 4.78 is 5.54. The van der Waals surface area contributed by atoms with E-state index in [2.05, 4.69) is 45.0 Å². The van der Waals surface area contributed by atoms with Gasteiger partial charge in [0.1, 0.15) is 0 Å². The lowest BCUT2D eigenvalue weighted by Gasteiger charge is -2.25. The molecule has 0 radical (unpaired) electrons. The number of fused-ring (bicyclic) bond motifs is 1. The normalized spacial score (nSPS) is 17.1. The fourth-order valence-corrected chi connectivity index (χ4v) is 4.16. The Bertz CT molecular complexity index is 934. The Kier molecular flexibility index (Phi) is 11.7. The maximum atomic E-state index is 12.9. The molecular formula is C29H42N2O4. The maximum Gasteiger partial charge on any atom is 0.338 e. The predicted molar refractivity (Wildman–Crippen MR) is 142 cm³/mol. The molecule has 2 rings (SSSR count). The summed E-state index contributed by atoms with van der Waals surface area (Å²) in [4.78, 5) is 33.1. The van der Waals surface area contributed by atoms with Gasteiger partial charge < -0.3 is 14.5 Å². The van der Waals surface area contributed by atoms with Gasteiger partial charge in [0.25, 0.3) is 5.91 Å². The molecule has 0 atom stereocenters. The van der Waals surface area contributed by atoms with E-state index in [1.165, 1.54) is 0 Å². The van der Waals surface area contributed by atoms with E-state index < -0.39 is 0 Å². The number of allylic oxidation sites excluding steroid dienone is 3. The number of hydrogen-bond acceptors (Lipinski definition) is 5. The van der Waals surface area contributed by atoms with Crippen LogP contribution in [0.5, 0.6) is 0 Å². The van der Waals surface area contributed by atoms with Crippen molar-refractivity contribution >= 4 is 17.6 Å². The van der Waals surface area contributed by atoms with Crippen molar-refractivity contribution in [1.29, 1.82) is 0 Å². The van der Waals surface area contributed by atoms with Gasteiger partial charge in [0.2, 0.25) is 0 Å². The van der Waals surface area contributed by atoms with E-state index in [0.29, 0.717) is 55.6 Å². The Morgan fingerprint density at radius 3 is 2.37 bits per heavy atom. The maximum absolute atomic E-state index is 12.9. The average Bonchev–Trinajstić information content (AvgIpc) is 2.75. The van der Waals surface area contributed by atoms with Gasteiger partial charge in [0, 0.05) is 19.5 Å². The highest BCUT2D eigenvalue weighted by Gasteiger charge is 2.19. The first-order valence-electron chi connectivity index (χ1n) is 12.7. The molecule has 0 saturated carbocycles. The van der Waals surface area contributed by atoms with Crippen LogP contribution in [0.3, 0.4) is 0 Å². The predicted octanol–water partition coefficient (Wildman–Crippen LogP) is 5.81. The molecular weight excluding hydrogens is 440 g/mol. The zero-order valence-corrected chi connectivity index (χ0v) is 22.3. The van der Waals surface area contributed by atoms with Crippen LogP contribution < -0.4 is 0 Å². The lowest BCUT2D eigenvalue weighted by molar-refractivity contribution is -0.137. The molecule has 1 aliphatic heterocycles. The van der Waals surface area contributed by atoms with Crippen LogP contribution in [0.4, 0.5) is 0 Å². The van der Waals surface area contributed by atoms with Gasteiger partial charge in [-0.2, -0.15) is 0 Å². The molecule has 0 aliphatic carbocycles. The zero-order valence-electron chi connectivity index (χ0n) is 22.3. The largest absolute Gasteiger partial charge is 0.462 e. The number of esters is 1. The second kappa shape index (κ2) is 14.5. The number of hydrogen-bond donors (Lipinski definition) is 0. The van der Waals surface area contributed by atoms with Gasteiger partial charge in [-0.05, 0) is 62.1 Å². The third-order valence-corrected chi connectivity index (χ3v) is 5.53. The van der Waals surface area contributed by atoms with E-state index >= 15 is 0 Å². The van der Waals surface area contributed by atoms with Crippen molar-refractivity contribution < 1.29 is 19.2 Å². The van der Waals surface area contributed by atoms with E-state index in [-0.39, 0.29) is 18.5 Å². The number of carbonyl (C=O) groups is 2. The van der Waals surface area contributed by atoms with Crippen molar-refractivity contribution in [1.82, 2.24) is 4.90 Å². The van der Waals surface area contributed by atoms with Gasteiger partial charge in [-0.15, -0.1) is 0 Å². The molecule has 192 valence electrons. The lowest BCUT2D eigenvalue weighted by Crippen LogP contribution is -2.39. The molecule has 0 N–H and O–H groups in total. The molecule has 6 heteroatoms. The fourth-order valence-electron chi connectivity index (χ4n) is 4.16. The summed E-state index contributed by atoms with van der Waals surface area (Å²) in [6.45, 7) is 14.0. The number of aryl methyl sites for hydroxylation is 2. The Morgan fingerprint density at radius 1 is 1.03 bits per heavy atom. The molecule has 1 aromatic carbocycles. The van der Waals surface area contributed by atoms with Crippen LogP contribution >= 0.6 is 0 Å². The Balaban J connectivity index is 2.27. The Hall–Kier alpha value is -2.89. The summed E-state index contributed by atoms with van der Waals surface area (Å²) >= 11 is 0. The number of carbonyl (C=O) groups excluding carboxylic acids is 2. The van der Waals surface area contributed by atoms with Crippen LogP contribution in [-0.2, 0) is 20.8 Å². The standard InChI is InChI=1S/C29H42N2O4/c1-21(2)18-31(19-22(3)4)27(32)20-35-30-26-13-11-9-7-8-10-12-14-34-29(33)28-24(6)15-23(5)16-25(28)17-26/h8,10-11,13,15-16,21-22H,7,9,12,14,17-20H2,1-6H3/b10-8+,13-11?,30-26+. The number of cyclic esters (lactones) is 1. The van der Waals surface area contributed by atoms with Crippen molar-refractivity contribution in [3.05, 3.63) is 58.7 Å². The van der Waals surface area contributed by atoms with Crippen LogP contribution in [0.25, 0.3) is 0 Å². The first-order chi connectivity index (χ1) is 16.7. The molecule has 6 nitrogen and oxygen atoms in total. The lowest BCUT2D eigenvalue weighted by atomic mass is 9.95. The molecule has 0 aromatic heterocycles. The summed E-state index contributed by atoms with van der Waals surface area (Å²) in [6, 6.07) is 3.99. The minimum absolute atomic E-state index is 0.0672. The van der Waals surface area contributed by atoms with Crippen LogP contribution in [0.2, 0.25) is 0 Å². The molecule has 0 fully saturated rings. The zero-order chi connectivity index (χ0) is 25.8. The SMILES string of the molecule is Cc1cc(C)c2c(c1)C/C(=N/OCC(=O)N(CC(C)C)CC(C)C)C=CCC/C=C/CCOC2=O. The number of rotatable bonds is 7. The topological polar surface area (TPSA) is 68.2 Å². The van der Waals surface area contributed by atoms with E-state index in [9.17, 15) is 9.59 Å². The van der Waals surface area contributed by atoms with Crippen LogP contribution in [0, 0.1) is 25.7 Å². The van der Waals surface area contributed by atoms with Crippen LogP contribution in [-0.4, -0.2) is 48.8 Å². The summed E-state index contributed by atoms with van der Waals surface area (Å²) in [5.41, 5.74) is 4.03. The quantitative estimate of drug-likeness (QED) is 0.279. The fraction of sp³-hybridized carbons (Fsp3) is 0.552. The molecule has 1 aromatic rings. The first kappa shape index (κ1) is 28.3. The number of amides is 1. The Morgan fingerprint density at radius 2 is 1.69 bits per heavy atom. The van der Waals surface area contributed by atoms with Gasteiger partial charge in [-0.3, -0.25) is 4.79 Å². The van der Waals surface area contributed by atoms with Gasteiger partial charge >= 0.3 is 5.97 Å². The van der Waals surface area contributed by atoms with E-state index in [1.54, 1.807) is 0 Å². The Labute approximate surface area is 211 Å². The molecule has 35 heavy (non-hydrogen) atoms. The van der Waals surface area contributed by atoms with Crippen LogP contribution in [0.1, 0.15) is 74.0 Å². The third-order valence-electron chi connectivity index (χ3n) is 5.53. The van der Waals surface area contributed by atoms with Crippen molar-refractivity contribution in [3.8, 4) is 0 Å². The van der Waals surface area contributed by atoms with E-state index in [1.807, 2.05) is 43.0 Å². The minimum Gasteiger partial charge on any atom is -0.462 e. The van der Waals surface area contributed by atoms with Gasteiger partial charge in [-0.25, -0.2) is 4.79 Å². The van der Waals surface area contributed by atoms with E-state index in [0.717, 1.165) is 29.5 Å². The smallest absolute Gasteiger partial charge is 0.338 e. The summed E-state index contributed by atoms with van der Waals surface area (Å²) in [5.74, 6) is 0.370. The van der Waals surface area contributed by atoms with Gasteiger partial charge in [-0.1, -0.05) is 68.8 Å². The average molecular weight is 483 g/mol. The number of benzene rings is 1. The number of oxime groups is 1. The summed E-state index contributed by atoms with van der Waals surface area (Å²) in [6.07, 6.45) is 11.0. The highest BCUT2D eigenvalue weighted by atomic mass is 16.6. The van der Waals surface area contributed by atoms with Crippen molar-refractivity contribution in [2.45, 2.75) is 67.2 Å². The first-order valence-corrected chi connectivity index (χ1v) is 12.7. The third kappa shape index (κ3) is 10.1. The van der Waals surface area contributed by atoms with Crippen LogP contribution in [0.15, 0.2) is 41.6 Å². The van der Waals surface area contributed by atoms with Gasteiger partial charge in [0.15, 0.2) is 6.61 Å². The monoisotopic (exact) mass is 482 g/mol. The highest BCUT2D eigenvalue weighted by Crippen LogP contribution is 2.20. The summed E-state index contributed by atoms with van der Waals surface area (Å²) in [7, 11) is 0. The van der Waals surface area contributed by atoms with Crippen molar-refractivity contribution in [2.75, 3.05) is 26.3 Å². The molecule has 0 spiro atoms. The molecule has 1 amide bonds. The highest BCUT2D eigenvalue weighted by molar-refractivity contribution is 6.00. The van der Waals surface area contributed by atoms with E-state index in [4.69, 9.17) is 9.57 Å². The number of ether oxygens (including phenoxy) is 1. The van der Waals surface area contributed by atoms with Gasteiger partial charge in [0.05, 0.1) is 17.9 Å². The minimum atomic E-state index is -0.319.